The summed E-state index contributed by atoms with van der Waals surface area (Å²) >= 11 is 13.5. The summed E-state index contributed by atoms with van der Waals surface area (Å²) in [4.78, 5) is 9.55. The number of rotatable bonds is 4. The van der Waals surface area contributed by atoms with Gasteiger partial charge in [-0.25, -0.2) is 9.97 Å². The number of nitrogens with zero attached hydrogens (tertiary/aromatic N) is 2. The highest BCUT2D eigenvalue weighted by atomic mass is 35.5. The van der Waals surface area contributed by atoms with Crippen LogP contribution in [0.1, 0.15) is 5.56 Å². The van der Waals surface area contributed by atoms with Gasteiger partial charge >= 0.3 is 0 Å². The van der Waals surface area contributed by atoms with Crippen LogP contribution < -0.4 is 10.1 Å². The summed E-state index contributed by atoms with van der Waals surface area (Å²) in [5, 5.41) is 4.70. The molecule has 0 aliphatic rings. The topological polar surface area (TPSA) is 47.0 Å². The molecule has 7 heteroatoms. The third-order valence-electron chi connectivity index (χ3n) is 2.91. The lowest BCUT2D eigenvalue weighted by atomic mass is 10.2. The van der Waals surface area contributed by atoms with Crippen molar-refractivity contribution in [1.29, 1.82) is 0 Å². The zero-order chi connectivity index (χ0) is 14.8. The molecule has 0 aliphatic carbocycles. The Balaban J connectivity index is 1.75. The van der Waals surface area contributed by atoms with Crippen LogP contribution in [0.2, 0.25) is 9.36 Å². The van der Waals surface area contributed by atoms with Crippen molar-refractivity contribution in [2.45, 2.75) is 6.54 Å². The predicted octanol–water partition coefficient (Wildman–Crippen LogP) is 4.62. The minimum Gasteiger partial charge on any atom is -0.495 e. The Hall–Kier alpha value is -1.56. The number of fused-ring (bicyclic) bond motifs is 1. The lowest BCUT2D eigenvalue weighted by Crippen LogP contribution is -2.03. The molecular formula is C14H11Cl2N3OS. The highest BCUT2D eigenvalue weighted by Gasteiger charge is 2.05. The third-order valence-corrected chi connectivity index (χ3v) is 4.38. The predicted molar refractivity (Wildman–Crippen MR) is 87.8 cm³/mol. The van der Waals surface area contributed by atoms with Crippen molar-refractivity contribution in [3.8, 4) is 5.75 Å². The maximum Gasteiger partial charge on any atom is 0.224 e. The monoisotopic (exact) mass is 339 g/mol. The summed E-state index contributed by atoms with van der Waals surface area (Å²) in [6.45, 7) is 0.578. The number of nitrogens with one attached hydrogen (secondary N) is 1. The first kappa shape index (κ1) is 14.4. The maximum absolute atomic E-state index is 6.10. The number of ether oxygens (including phenoxy) is 1. The molecule has 0 saturated carbocycles. The molecule has 0 spiro atoms. The summed E-state index contributed by atoms with van der Waals surface area (Å²) in [6, 6.07) is 7.49. The first-order chi connectivity index (χ1) is 10.2. The van der Waals surface area contributed by atoms with Crippen LogP contribution >= 0.6 is 34.5 Å². The minimum atomic E-state index is 0.563. The van der Waals surface area contributed by atoms with Crippen molar-refractivity contribution in [3.63, 3.8) is 0 Å². The van der Waals surface area contributed by atoms with E-state index in [1.165, 1.54) is 11.3 Å². The first-order valence-corrected chi connectivity index (χ1v) is 7.71. The Morgan fingerprint density at radius 2 is 2.14 bits per heavy atom. The third kappa shape index (κ3) is 3.20. The SMILES string of the molecule is COc1ccc(CNc2ncc3cc(Cl)sc3n2)cc1Cl. The lowest BCUT2D eigenvalue weighted by molar-refractivity contribution is 0.415. The van der Waals surface area contributed by atoms with Gasteiger partial charge < -0.3 is 10.1 Å². The smallest absolute Gasteiger partial charge is 0.224 e. The Morgan fingerprint density at radius 1 is 1.29 bits per heavy atom. The van der Waals surface area contributed by atoms with Gasteiger partial charge in [0.05, 0.1) is 16.5 Å². The van der Waals surface area contributed by atoms with Gasteiger partial charge in [-0.05, 0) is 23.8 Å². The number of hydrogen-bond acceptors (Lipinski definition) is 5. The van der Waals surface area contributed by atoms with Crippen LogP contribution in [-0.4, -0.2) is 17.1 Å². The number of thiophene rings is 1. The molecule has 1 N–H and O–H groups in total. The number of halogens is 2. The fourth-order valence-corrected chi connectivity index (χ4v) is 3.24. The van der Waals surface area contributed by atoms with Crippen molar-refractivity contribution in [3.05, 3.63) is 45.4 Å². The van der Waals surface area contributed by atoms with E-state index in [0.29, 0.717) is 27.6 Å². The van der Waals surface area contributed by atoms with Crippen molar-refractivity contribution in [2.75, 3.05) is 12.4 Å². The number of methoxy groups -OCH3 is 1. The van der Waals surface area contributed by atoms with Gasteiger partial charge in [-0.1, -0.05) is 29.3 Å². The van der Waals surface area contributed by atoms with E-state index >= 15 is 0 Å². The molecule has 108 valence electrons. The zero-order valence-corrected chi connectivity index (χ0v) is 13.4. The van der Waals surface area contributed by atoms with E-state index in [0.717, 1.165) is 15.8 Å². The van der Waals surface area contributed by atoms with E-state index in [9.17, 15) is 0 Å². The second kappa shape index (κ2) is 6.05. The maximum atomic E-state index is 6.10. The highest BCUT2D eigenvalue weighted by molar-refractivity contribution is 7.22. The van der Waals surface area contributed by atoms with Gasteiger partial charge in [-0.3, -0.25) is 0 Å². The molecule has 21 heavy (non-hydrogen) atoms. The van der Waals surface area contributed by atoms with Gasteiger partial charge in [0.15, 0.2) is 0 Å². The molecule has 0 radical (unpaired) electrons. The van der Waals surface area contributed by atoms with Gasteiger partial charge in [0.1, 0.15) is 10.6 Å². The second-order valence-electron chi connectivity index (χ2n) is 4.33. The Bertz CT molecular complexity index is 791. The largest absolute Gasteiger partial charge is 0.495 e. The van der Waals surface area contributed by atoms with Gasteiger partial charge in [-0.15, -0.1) is 11.3 Å². The van der Waals surface area contributed by atoms with Crippen LogP contribution in [0.5, 0.6) is 5.75 Å². The van der Waals surface area contributed by atoms with E-state index < -0.39 is 0 Å². The van der Waals surface area contributed by atoms with Crippen LogP contribution in [0.15, 0.2) is 30.5 Å². The van der Waals surface area contributed by atoms with Crippen molar-refractivity contribution in [2.24, 2.45) is 0 Å². The molecule has 0 amide bonds. The molecular weight excluding hydrogens is 329 g/mol. The molecule has 2 aromatic heterocycles. The molecule has 4 nitrogen and oxygen atoms in total. The van der Waals surface area contributed by atoms with Crippen LogP contribution in [0.3, 0.4) is 0 Å². The average molecular weight is 340 g/mol. The second-order valence-corrected chi connectivity index (χ2v) is 6.40. The molecule has 0 aliphatic heterocycles. The van der Waals surface area contributed by atoms with E-state index in [4.69, 9.17) is 27.9 Å². The Labute approximate surface area is 135 Å². The molecule has 0 bridgehead atoms. The van der Waals surface area contributed by atoms with Gasteiger partial charge in [0, 0.05) is 18.1 Å². The van der Waals surface area contributed by atoms with Gasteiger partial charge in [0.2, 0.25) is 5.95 Å². The summed E-state index contributed by atoms with van der Waals surface area (Å²) in [5.41, 5.74) is 1.02. The fraction of sp³-hybridized carbons (Fsp3) is 0.143. The normalized spacial score (nSPS) is 10.8. The van der Waals surface area contributed by atoms with Crippen LogP contribution in [0.25, 0.3) is 10.2 Å². The standard InChI is InChI=1S/C14H11Cl2N3OS/c1-20-11-3-2-8(4-10(11)15)6-17-14-18-7-9-5-12(16)21-13(9)19-14/h2-5,7H,6H2,1H3,(H,17,18,19). The van der Waals surface area contributed by atoms with E-state index in [1.807, 2.05) is 24.3 Å². The Kier molecular flexibility index (Phi) is 4.14. The summed E-state index contributed by atoms with van der Waals surface area (Å²) in [7, 11) is 1.59. The lowest BCUT2D eigenvalue weighted by Gasteiger charge is -2.07. The summed E-state index contributed by atoms with van der Waals surface area (Å²) in [5.74, 6) is 1.22. The first-order valence-electron chi connectivity index (χ1n) is 6.14. The van der Waals surface area contributed by atoms with Crippen LogP contribution in [-0.2, 0) is 6.54 Å². The number of anilines is 1. The van der Waals surface area contributed by atoms with Crippen molar-refractivity contribution in [1.82, 2.24) is 9.97 Å². The molecule has 3 rings (SSSR count). The van der Waals surface area contributed by atoms with Crippen LogP contribution in [0.4, 0.5) is 5.95 Å². The van der Waals surface area contributed by atoms with E-state index in [2.05, 4.69) is 15.3 Å². The summed E-state index contributed by atoms with van der Waals surface area (Å²) < 4.78 is 5.83. The number of hydrogen-bond donors (Lipinski definition) is 1. The van der Waals surface area contributed by atoms with Crippen molar-refractivity contribution >= 4 is 50.7 Å². The van der Waals surface area contributed by atoms with Crippen LogP contribution in [0, 0.1) is 0 Å². The average Bonchev–Trinajstić information content (AvgIpc) is 2.84. The molecule has 0 atom stereocenters. The Morgan fingerprint density at radius 3 is 2.90 bits per heavy atom. The van der Waals surface area contributed by atoms with E-state index in [-0.39, 0.29) is 0 Å². The molecule has 0 fully saturated rings. The molecule has 0 saturated heterocycles. The number of benzene rings is 1. The number of aromatic nitrogens is 2. The van der Waals surface area contributed by atoms with Gasteiger partial charge in [0.25, 0.3) is 0 Å². The fourth-order valence-electron chi connectivity index (χ4n) is 1.89. The zero-order valence-electron chi connectivity index (χ0n) is 11.1. The van der Waals surface area contributed by atoms with Crippen molar-refractivity contribution < 1.29 is 4.74 Å². The van der Waals surface area contributed by atoms with E-state index in [1.54, 1.807) is 13.3 Å². The molecule has 3 aromatic rings. The quantitative estimate of drug-likeness (QED) is 0.753. The molecule has 1 aromatic carbocycles. The highest BCUT2D eigenvalue weighted by Crippen LogP contribution is 2.28. The minimum absolute atomic E-state index is 0.563. The molecule has 0 unspecified atom stereocenters. The summed E-state index contributed by atoms with van der Waals surface area (Å²) in [6.07, 6.45) is 1.76. The van der Waals surface area contributed by atoms with Gasteiger partial charge in [-0.2, -0.15) is 0 Å². The molecule has 2 heterocycles.